The number of benzene rings is 1. The van der Waals surface area contributed by atoms with Gasteiger partial charge in [0.2, 0.25) is 0 Å². The summed E-state index contributed by atoms with van der Waals surface area (Å²) in [6.45, 7) is 7.58. The number of nitrogens with two attached hydrogens (primary N) is 1. The van der Waals surface area contributed by atoms with E-state index in [4.69, 9.17) is 5.73 Å². The maximum absolute atomic E-state index is 10.4. The van der Waals surface area contributed by atoms with E-state index in [0.717, 1.165) is 38.4 Å². The molecule has 2 unspecified atom stereocenters. The molecule has 0 radical (unpaired) electrons. The first-order chi connectivity index (χ1) is 10.1. The molecule has 1 heterocycles. The zero-order valence-electron chi connectivity index (χ0n) is 13.3. The average Bonchev–Trinajstić information content (AvgIpc) is 2.83. The van der Waals surface area contributed by atoms with Gasteiger partial charge in [-0.25, -0.2) is 0 Å². The number of phenolic OH excluding ortho intramolecular Hbond substituents is 1. The highest BCUT2D eigenvalue weighted by Crippen LogP contribution is 2.49. The van der Waals surface area contributed by atoms with Crippen LogP contribution in [0.1, 0.15) is 61.3 Å². The normalized spacial score (nSPS) is 27.0. The SMILES string of the molecule is Cc1ccc(O)c2c1C(C)CC2N1CCC(CCN)CC1. The van der Waals surface area contributed by atoms with E-state index in [2.05, 4.69) is 24.8 Å². The maximum atomic E-state index is 10.4. The van der Waals surface area contributed by atoms with Gasteiger partial charge in [-0.1, -0.05) is 13.0 Å². The second kappa shape index (κ2) is 5.98. The van der Waals surface area contributed by atoms with Crippen molar-refractivity contribution in [1.82, 2.24) is 4.90 Å². The molecule has 0 bridgehead atoms. The smallest absolute Gasteiger partial charge is 0.120 e. The lowest BCUT2D eigenvalue weighted by Gasteiger charge is -2.36. The van der Waals surface area contributed by atoms with Crippen molar-refractivity contribution in [2.45, 2.75) is 51.5 Å². The number of phenols is 1. The van der Waals surface area contributed by atoms with Gasteiger partial charge in [-0.05, 0) is 81.3 Å². The number of nitrogens with zero attached hydrogens (tertiary/aromatic N) is 1. The molecule has 1 aliphatic carbocycles. The summed E-state index contributed by atoms with van der Waals surface area (Å²) in [6, 6.07) is 4.34. The van der Waals surface area contributed by atoms with E-state index in [-0.39, 0.29) is 0 Å². The molecule has 3 N–H and O–H groups in total. The van der Waals surface area contributed by atoms with Crippen LogP contribution < -0.4 is 5.73 Å². The molecular weight excluding hydrogens is 260 g/mol. The molecule has 1 aliphatic heterocycles. The Morgan fingerprint density at radius 2 is 1.95 bits per heavy atom. The highest BCUT2D eigenvalue weighted by molar-refractivity contribution is 5.51. The first kappa shape index (κ1) is 14.9. The van der Waals surface area contributed by atoms with E-state index in [1.54, 1.807) is 0 Å². The predicted molar refractivity (Wildman–Crippen MR) is 86.6 cm³/mol. The fourth-order valence-corrected chi connectivity index (χ4v) is 4.43. The van der Waals surface area contributed by atoms with E-state index in [9.17, 15) is 5.11 Å². The number of fused-ring (bicyclic) bond motifs is 1. The van der Waals surface area contributed by atoms with E-state index in [1.807, 2.05) is 6.07 Å². The zero-order valence-corrected chi connectivity index (χ0v) is 13.3. The van der Waals surface area contributed by atoms with Crippen molar-refractivity contribution >= 4 is 0 Å². The van der Waals surface area contributed by atoms with Gasteiger partial charge in [-0.3, -0.25) is 4.90 Å². The number of hydrogen-bond acceptors (Lipinski definition) is 3. The molecule has 3 rings (SSSR count). The largest absolute Gasteiger partial charge is 0.508 e. The van der Waals surface area contributed by atoms with Crippen LogP contribution in [0.3, 0.4) is 0 Å². The summed E-state index contributed by atoms with van der Waals surface area (Å²) in [4.78, 5) is 2.59. The standard InChI is InChI=1S/C18H28N2O/c1-12-3-4-16(21)18-15(11-13(2)17(12)18)20-9-6-14(5-8-19)7-10-20/h3-4,13-15,21H,5-11,19H2,1-2H3. The van der Waals surface area contributed by atoms with Gasteiger partial charge in [0.15, 0.2) is 0 Å². The molecule has 2 aliphatic rings. The van der Waals surface area contributed by atoms with Crippen LogP contribution in [0.25, 0.3) is 0 Å². The second-order valence-electron chi connectivity index (χ2n) is 6.94. The molecule has 1 aromatic rings. The Morgan fingerprint density at radius 3 is 2.62 bits per heavy atom. The molecule has 0 spiro atoms. The minimum Gasteiger partial charge on any atom is -0.508 e. The van der Waals surface area contributed by atoms with Crippen molar-refractivity contribution in [3.8, 4) is 5.75 Å². The third kappa shape index (κ3) is 2.69. The van der Waals surface area contributed by atoms with Crippen molar-refractivity contribution in [2.75, 3.05) is 19.6 Å². The van der Waals surface area contributed by atoms with Crippen LogP contribution in [0.4, 0.5) is 0 Å². The van der Waals surface area contributed by atoms with Crippen LogP contribution in [-0.2, 0) is 0 Å². The maximum Gasteiger partial charge on any atom is 0.120 e. The van der Waals surface area contributed by atoms with E-state index >= 15 is 0 Å². The lowest BCUT2D eigenvalue weighted by molar-refractivity contribution is 0.126. The molecular formula is C18H28N2O. The molecule has 3 heteroatoms. The monoisotopic (exact) mass is 288 g/mol. The van der Waals surface area contributed by atoms with Gasteiger partial charge < -0.3 is 10.8 Å². The Morgan fingerprint density at radius 1 is 1.24 bits per heavy atom. The van der Waals surface area contributed by atoms with E-state index in [1.165, 1.54) is 29.5 Å². The first-order valence-corrected chi connectivity index (χ1v) is 8.38. The van der Waals surface area contributed by atoms with Crippen LogP contribution in [0.5, 0.6) is 5.75 Å². The van der Waals surface area contributed by atoms with Gasteiger partial charge in [-0.2, -0.15) is 0 Å². The predicted octanol–water partition coefficient (Wildman–Crippen LogP) is 3.31. The van der Waals surface area contributed by atoms with Crippen molar-refractivity contribution in [1.29, 1.82) is 0 Å². The number of likely N-dealkylation sites (tertiary alicyclic amines) is 1. The van der Waals surface area contributed by atoms with Crippen LogP contribution in [-0.4, -0.2) is 29.6 Å². The molecule has 1 saturated heterocycles. The highest BCUT2D eigenvalue weighted by atomic mass is 16.3. The van der Waals surface area contributed by atoms with E-state index < -0.39 is 0 Å². The molecule has 0 aromatic heterocycles. The summed E-state index contributed by atoms with van der Waals surface area (Å²) in [5.74, 6) is 1.85. The summed E-state index contributed by atoms with van der Waals surface area (Å²) in [7, 11) is 0. The molecule has 1 aromatic carbocycles. The molecule has 0 saturated carbocycles. The van der Waals surface area contributed by atoms with Gasteiger partial charge in [0.05, 0.1) is 0 Å². The minimum absolute atomic E-state index is 0.411. The van der Waals surface area contributed by atoms with Gasteiger partial charge in [-0.15, -0.1) is 0 Å². The third-order valence-electron chi connectivity index (χ3n) is 5.55. The Balaban J connectivity index is 1.79. The van der Waals surface area contributed by atoms with Crippen LogP contribution in [0, 0.1) is 12.8 Å². The van der Waals surface area contributed by atoms with Crippen molar-refractivity contribution in [3.63, 3.8) is 0 Å². The summed E-state index contributed by atoms with van der Waals surface area (Å²) in [5, 5.41) is 10.4. The number of aromatic hydroxyl groups is 1. The average molecular weight is 288 g/mol. The lowest BCUT2D eigenvalue weighted by atomic mass is 9.91. The summed E-state index contributed by atoms with van der Waals surface area (Å²) < 4.78 is 0. The number of rotatable bonds is 3. The summed E-state index contributed by atoms with van der Waals surface area (Å²) >= 11 is 0. The molecule has 2 atom stereocenters. The Kier molecular flexibility index (Phi) is 4.23. The first-order valence-electron chi connectivity index (χ1n) is 8.38. The van der Waals surface area contributed by atoms with Crippen molar-refractivity contribution in [2.24, 2.45) is 11.7 Å². The van der Waals surface area contributed by atoms with Gasteiger partial charge in [0, 0.05) is 11.6 Å². The molecule has 21 heavy (non-hydrogen) atoms. The zero-order chi connectivity index (χ0) is 15.0. The Hall–Kier alpha value is -1.06. The van der Waals surface area contributed by atoms with Crippen LogP contribution >= 0.6 is 0 Å². The summed E-state index contributed by atoms with van der Waals surface area (Å²) in [5.41, 5.74) is 9.62. The van der Waals surface area contributed by atoms with Gasteiger partial charge >= 0.3 is 0 Å². The Labute approximate surface area is 128 Å². The second-order valence-corrected chi connectivity index (χ2v) is 6.94. The number of aryl methyl sites for hydroxylation is 1. The summed E-state index contributed by atoms with van der Waals surface area (Å²) in [6.07, 6.45) is 4.82. The van der Waals surface area contributed by atoms with Gasteiger partial charge in [0.1, 0.15) is 5.75 Å². The fourth-order valence-electron chi connectivity index (χ4n) is 4.43. The van der Waals surface area contributed by atoms with Gasteiger partial charge in [0.25, 0.3) is 0 Å². The topological polar surface area (TPSA) is 49.5 Å². The Bertz CT molecular complexity index is 506. The van der Waals surface area contributed by atoms with Crippen LogP contribution in [0.2, 0.25) is 0 Å². The van der Waals surface area contributed by atoms with E-state index in [0.29, 0.717) is 17.7 Å². The third-order valence-corrected chi connectivity index (χ3v) is 5.55. The van der Waals surface area contributed by atoms with Crippen LogP contribution in [0.15, 0.2) is 12.1 Å². The quantitative estimate of drug-likeness (QED) is 0.897. The number of hydrogen-bond donors (Lipinski definition) is 2. The molecule has 0 amide bonds. The van der Waals surface area contributed by atoms with Crippen molar-refractivity contribution < 1.29 is 5.11 Å². The molecule has 3 nitrogen and oxygen atoms in total. The fraction of sp³-hybridized carbons (Fsp3) is 0.667. The molecule has 1 fully saturated rings. The molecule has 116 valence electrons. The van der Waals surface area contributed by atoms with Crippen molar-refractivity contribution in [3.05, 3.63) is 28.8 Å². The number of piperidine rings is 1. The lowest BCUT2D eigenvalue weighted by Crippen LogP contribution is -2.36. The minimum atomic E-state index is 0.411. The highest BCUT2D eigenvalue weighted by Gasteiger charge is 2.36.